The highest BCUT2D eigenvalue weighted by Crippen LogP contribution is 2.17. The molecule has 3 rings (SSSR count). The van der Waals surface area contributed by atoms with Crippen molar-refractivity contribution in [1.82, 2.24) is 9.97 Å². The quantitative estimate of drug-likeness (QED) is 0.588. The van der Waals surface area contributed by atoms with E-state index in [2.05, 4.69) is 20.0 Å². The lowest BCUT2D eigenvalue weighted by Gasteiger charge is -1.95. The molecule has 68 valence electrons. The monoisotopic (exact) mass is 184 g/mol. The Morgan fingerprint density at radius 2 is 1.93 bits per heavy atom. The van der Waals surface area contributed by atoms with Gasteiger partial charge in [0.25, 0.3) is 0 Å². The molecule has 0 aromatic carbocycles. The molecule has 2 aliphatic heterocycles. The molecular formula is C10H8N4. The van der Waals surface area contributed by atoms with Crippen LogP contribution in [-0.4, -0.2) is 9.97 Å². The van der Waals surface area contributed by atoms with Crippen molar-refractivity contribution in [3.8, 4) is 0 Å². The maximum Gasteiger partial charge on any atom is 0.179 e. The molecular weight excluding hydrogens is 176 g/mol. The number of aromatic nitrogens is 2. The molecule has 0 amide bonds. The van der Waals surface area contributed by atoms with E-state index in [-0.39, 0.29) is 0 Å². The van der Waals surface area contributed by atoms with Gasteiger partial charge < -0.3 is 0 Å². The number of allylic oxidation sites excluding steroid dienone is 2. The molecule has 1 aromatic heterocycles. The Morgan fingerprint density at radius 3 is 2.79 bits per heavy atom. The van der Waals surface area contributed by atoms with Gasteiger partial charge in [-0.25, -0.2) is 20.0 Å². The Balaban J connectivity index is 2.41. The second kappa shape index (κ2) is 2.35. The van der Waals surface area contributed by atoms with Gasteiger partial charge in [-0.05, 0) is 25.5 Å². The lowest BCUT2D eigenvalue weighted by atomic mass is 10.2. The van der Waals surface area contributed by atoms with Crippen molar-refractivity contribution in [3.63, 3.8) is 0 Å². The van der Waals surface area contributed by atoms with Gasteiger partial charge in [-0.1, -0.05) is 0 Å². The van der Waals surface area contributed by atoms with Gasteiger partial charge in [0.05, 0.1) is 0 Å². The number of fused-ring (bicyclic) bond motifs is 2. The molecule has 4 heteroatoms. The second-order valence-electron chi connectivity index (χ2n) is 3.37. The van der Waals surface area contributed by atoms with E-state index in [4.69, 9.17) is 0 Å². The molecule has 3 heterocycles. The zero-order chi connectivity index (χ0) is 9.71. The number of rotatable bonds is 0. The van der Waals surface area contributed by atoms with Crippen LogP contribution in [0.1, 0.15) is 25.2 Å². The highest BCUT2D eigenvalue weighted by molar-refractivity contribution is 5.65. The zero-order valence-electron chi connectivity index (χ0n) is 7.94. The minimum Gasteiger partial charge on any atom is -0.235 e. The average molecular weight is 184 g/mol. The van der Waals surface area contributed by atoms with Crippen LogP contribution in [0.4, 0.5) is 0 Å². The van der Waals surface area contributed by atoms with Crippen LogP contribution in [0.15, 0.2) is 21.9 Å². The van der Waals surface area contributed by atoms with Crippen molar-refractivity contribution in [2.75, 3.05) is 0 Å². The normalized spacial score (nSPS) is 16.4. The summed E-state index contributed by atoms with van der Waals surface area (Å²) in [6, 6.07) is 0. The molecule has 0 N–H and O–H groups in total. The summed E-state index contributed by atoms with van der Waals surface area (Å²) in [5, 5.41) is 0. The smallest absolute Gasteiger partial charge is 0.179 e. The largest absolute Gasteiger partial charge is 0.235 e. The van der Waals surface area contributed by atoms with Crippen molar-refractivity contribution in [1.29, 1.82) is 0 Å². The van der Waals surface area contributed by atoms with Gasteiger partial charge in [-0.3, -0.25) is 0 Å². The molecule has 0 saturated carbocycles. The SMILES string of the molecule is CC1=C(C)c2nc3c(nc2=N1)C=CN=3. The predicted molar refractivity (Wildman–Crippen MR) is 51.6 cm³/mol. The summed E-state index contributed by atoms with van der Waals surface area (Å²) in [6.07, 6.45) is 3.56. The molecule has 0 atom stereocenters. The van der Waals surface area contributed by atoms with Gasteiger partial charge in [0.2, 0.25) is 0 Å². The molecule has 0 fully saturated rings. The Morgan fingerprint density at radius 1 is 1.07 bits per heavy atom. The minimum absolute atomic E-state index is 0.702. The van der Waals surface area contributed by atoms with E-state index in [1.165, 1.54) is 0 Å². The average Bonchev–Trinajstić information content (AvgIpc) is 2.70. The topological polar surface area (TPSA) is 50.5 Å². The molecule has 2 aliphatic rings. The molecule has 0 unspecified atom stereocenters. The van der Waals surface area contributed by atoms with E-state index in [0.717, 1.165) is 28.1 Å². The summed E-state index contributed by atoms with van der Waals surface area (Å²) in [4.78, 5) is 17.3. The van der Waals surface area contributed by atoms with Crippen LogP contribution in [-0.2, 0) is 0 Å². The first-order valence-corrected chi connectivity index (χ1v) is 4.45. The third-order valence-corrected chi connectivity index (χ3v) is 2.49. The summed E-state index contributed by atoms with van der Waals surface area (Å²) in [7, 11) is 0. The van der Waals surface area contributed by atoms with Crippen LogP contribution in [0.25, 0.3) is 11.6 Å². The second-order valence-corrected chi connectivity index (χ2v) is 3.37. The maximum atomic E-state index is 4.42. The van der Waals surface area contributed by atoms with E-state index in [1.54, 1.807) is 6.20 Å². The van der Waals surface area contributed by atoms with Crippen LogP contribution in [0.3, 0.4) is 0 Å². The van der Waals surface area contributed by atoms with Crippen molar-refractivity contribution in [2.45, 2.75) is 13.8 Å². The van der Waals surface area contributed by atoms with Crippen LogP contribution in [0.5, 0.6) is 0 Å². The first-order chi connectivity index (χ1) is 6.75. The van der Waals surface area contributed by atoms with Crippen molar-refractivity contribution < 1.29 is 0 Å². The Kier molecular flexibility index (Phi) is 1.27. The first-order valence-electron chi connectivity index (χ1n) is 4.45. The van der Waals surface area contributed by atoms with Gasteiger partial charge in [-0.15, -0.1) is 0 Å². The zero-order valence-corrected chi connectivity index (χ0v) is 7.94. The summed E-state index contributed by atoms with van der Waals surface area (Å²) in [5.41, 5.74) is 5.20. The third kappa shape index (κ3) is 0.824. The summed E-state index contributed by atoms with van der Waals surface area (Å²) in [6.45, 7) is 3.98. The maximum absolute atomic E-state index is 4.42. The van der Waals surface area contributed by atoms with Gasteiger partial charge in [0, 0.05) is 11.9 Å². The van der Waals surface area contributed by atoms with E-state index >= 15 is 0 Å². The van der Waals surface area contributed by atoms with Gasteiger partial charge in [0.1, 0.15) is 11.4 Å². The first kappa shape index (κ1) is 7.55. The van der Waals surface area contributed by atoms with Crippen molar-refractivity contribution in [3.05, 3.63) is 34.3 Å². The molecule has 0 spiro atoms. The van der Waals surface area contributed by atoms with Crippen LogP contribution >= 0.6 is 0 Å². The highest BCUT2D eigenvalue weighted by atomic mass is 15.0. The predicted octanol–water partition coefficient (Wildman–Crippen LogP) is 0.465. The standard InChI is InChI=1S/C10H8N4/c1-5-6(2)12-10-8(5)14-9-7(13-10)3-4-11-9/h3-4H,1-2H3. The summed E-state index contributed by atoms with van der Waals surface area (Å²) >= 11 is 0. The van der Waals surface area contributed by atoms with E-state index in [0.29, 0.717) is 5.49 Å². The molecule has 0 bridgehead atoms. The molecule has 14 heavy (non-hydrogen) atoms. The van der Waals surface area contributed by atoms with Crippen molar-refractivity contribution >= 4 is 11.6 Å². The highest BCUT2D eigenvalue weighted by Gasteiger charge is 2.15. The van der Waals surface area contributed by atoms with Crippen LogP contribution in [0, 0.1) is 0 Å². The minimum atomic E-state index is 0.702. The fraction of sp³-hybridized carbons (Fsp3) is 0.200. The van der Waals surface area contributed by atoms with E-state index < -0.39 is 0 Å². The van der Waals surface area contributed by atoms with Crippen LogP contribution in [0.2, 0.25) is 0 Å². The van der Waals surface area contributed by atoms with E-state index in [1.807, 2.05) is 19.9 Å². The molecule has 1 aromatic rings. The lowest BCUT2D eigenvalue weighted by molar-refractivity contribution is 1.000. The fourth-order valence-corrected chi connectivity index (χ4v) is 1.56. The number of hydrogen-bond acceptors (Lipinski definition) is 4. The molecule has 4 nitrogen and oxygen atoms in total. The summed E-state index contributed by atoms with van der Waals surface area (Å²) < 4.78 is 0. The molecule has 0 aliphatic carbocycles. The van der Waals surface area contributed by atoms with Gasteiger partial charge in [0.15, 0.2) is 11.0 Å². The van der Waals surface area contributed by atoms with E-state index in [9.17, 15) is 0 Å². The van der Waals surface area contributed by atoms with Gasteiger partial charge in [-0.2, -0.15) is 0 Å². The van der Waals surface area contributed by atoms with Gasteiger partial charge >= 0.3 is 0 Å². The number of hydrogen-bond donors (Lipinski definition) is 0. The fourth-order valence-electron chi connectivity index (χ4n) is 1.56. The lowest BCUT2D eigenvalue weighted by Crippen LogP contribution is -2.23. The number of nitrogens with zero attached hydrogens (tertiary/aromatic N) is 4. The molecule has 0 saturated heterocycles. The summed E-state index contributed by atoms with van der Waals surface area (Å²) in [5.74, 6) is 0. The third-order valence-electron chi connectivity index (χ3n) is 2.49. The van der Waals surface area contributed by atoms with Crippen molar-refractivity contribution in [2.24, 2.45) is 9.98 Å². The Hall–Kier alpha value is -1.84. The van der Waals surface area contributed by atoms with Crippen LogP contribution < -0.4 is 11.0 Å². The molecule has 0 radical (unpaired) electrons. The Labute approximate surface area is 80.5 Å². The Bertz CT molecular complexity index is 608.